The van der Waals surface area contributed by atoms with Crippen LogP contribution in [0.1, 0.15) is 27.2 Å². The van der Waals surface area contributed by atoms with Crippen LogP contribution < -0.4 is 4.57 Å². The molecule has 0 aliphatic heterocycles. The number of nitrogens with zero attached hydrogens (tertiary/aromatic N) is 1. The topological polar surface area (TPSA) is 20.9 Å². The lowest BCUT2D eigenvalue weighted by molar-refractivity contribution is -0.689. The number of rotatable bonds is 3. The van der Waals surface area contributed by atoms with Crippen LogP contribution in [0.4, 0.5) is 0 Å². The van der Waals surface area contributed by atoms with Crippen LogP contribution in [-0.2, 0) is 13.0 Å². The van der Waals surface area contributed by atoms with Crippen molar-refractivity contribution in [1.29, 1.82) is 0 Å². The van der Waals surface area contributed by atoms with Gasteiger partial charge in [-0.3, -0.25) is 4.79 Å². The first-order chi connectivity index (χ1) is 11.2. The minimum Gasteiger partial charge on any atom is -0.287 e. The largest absolute Gasteiger partial charge is 0.287 e. The average molecular weight is 300 g/mol. The van der Waals surface area contributed by atoms with E-state index in [0.29, 0.717) is 6.54 Å². The van der Waals surface area contributed by atoms with Gasteiger partial charge in [-0.15, -0.1) is 0 Å². The molecule has 1 aliphatic rings. The predicted molar refractivity (Wildman–Crippen MR) is 90.4 cm³/mol. The highest BCUT2D eigenvalue weighted by Crippen LogP contribution is 2.35. The Morgan fingerprint density at radius 3 is 2.52 bits per heavy atom. The van der Waals surface area contributed by atoms with Gasteiger partial charge >= 0.3 is 0 Å². The van der Waals surface area contributed by atoms with Gasteiger partial charge in [0.25, 0.3) is 0 Å². The Hall–Kier alpha value is -2.74. The van der Waals surface area contributed by atoms with Crippen LogP contribution in [0.15, 0.2) is 66.9 Å². The molecule has 1 heterocycles. The number of aromatic nitrogens is 1. The quantitative estimate of drug-likeness (QED) is 0.417. The lowest BCUT2D eigenvalue weighted by atomic mass is 10.1. The number of pyridine rings is 1. The molecule has 1 aliphatic carbocycles. The zero-order valence-electron chi connectivity index (χ0n) is 13.1. The van der Waals surface area contributed by atoms with Crippen molar-refractivity contribution in [2.45, 2.75) is 19.9 Å². The SMILES string of the molecule is Cc1cc2c(c[n+]1CC(=O)c1ccccc1)Cc1ccccc1-2. The number of carbonyl (C=O) groups excluding carboxylic acids is 1. The number of ketones is 1. The number of aryl methyl sites for hydroxylation is 1. The molecule has 1 aromatic heterocycles. The van der Waals surface area contributed by atoms with E-state index in [-0.39, 0.29) is 5.78 Å². The molecule has 3 aromatic rings. The first kappa shape index (κ1) is 13.9. The third kappa shape index (κ3) is 2.46. The molecule has 112 valence electrons. The Labute approximate surface area is 136 Å². The van der Waals surface area contributed by atoms with Crippen LogP contribution in [0.2, 0.25) is 0 Å². The van der Waals surface area contributed by atoms with Gasteiger partial charge in [-0.1, -0.05) is 54.6 Å². The molecule has 2 aromatic carbocycles. The van der Waals surface area contributed by atoms with Gasteiger partial charge < -0.3 is 0 Å². The van der Waals surface area contributed by atoms with Gasteiger partial charge in [0.1, 0.15) is 0 Å². The molecule has 0 N–H and O–H groups in total. The number of Topliss-reactive ketones (excluding diaryl/α,β-unsaturated/α-hetero) is 1. The molecule has 0 amide bonds. The summed E-state index contributed by atoms with van der Waals surface area (Å²) in [6.45, 7) is 2.46. The molecular formula is C21H18NO+. The Morgan fingerprint density at radius 1 is 0.957 bits per heavy atom. The summed E-state index contributed by atoms with van der Waals surface area (Å²) in [5, 5.41) is 0. The van der Waals surface area contributed by atoms with Crippen LogP contribution in [-0.4, -0.2) is 5.78 Å². The molecule has 0 saturated carbocycles. The normalized spacial score (nSPS) is 11.9. The maximum atomic E-state index is 12.5. The van der Waals surface area contributed by atoms with Gasteiger partial charge in [-0.2, -0.15) is 4.57 Å². The molecule has 0 atom stereocenters. The Bertz CT molecular complexity index is 897. The van der Waals surface area contributed by atoms with E-state index >= 15 is 0 Å². The van der Waals surface area contributed by atoms with E-state index in [1.165, 1.54) is 22.3 Å². The second-order valence-corrected chi connectivity index (χ2v) is 6.10. The van der Waals surface area contributed by atoms with Crippen LogP contribution in [0.3, 0.4) is 0 Å². The third-order valence-corrected chi connectivity index (χ3v) is 4.56. The van der Waals surface area contributed by atoms with Gasteiger partial charge in [0, 0.05) is 30.5 Å². The summed E-state index contributed by atoms with van der Waals surface area (Å²) >= 11 is 0. The van der Waals surface area contributed by atoms with Crippen molar-refractivity contribution in [3.8, 4) is 11.1 Å². The third-order valence-electron chi connectivity index (χ3n) is 4.56. The van der Waals surface area contributed by atoms with Crippen molar-refractivity contribution in [1.82, 2.24) is 0 Å². The fourth-order valence-electron chi connectivity index (χ4n) is 3.32. The summed E-state index contributed by atoms with van der Waals surface area (Å²) in [5.74, 6) is 0.147. The molecule has 0 saturated heterocycles. The lowest BCUT2D eigenvalue weighted by Crippen LogP contribution is -2.41. The van der Waals surface area contributed by atoms with Crippen LogP contribution >= 0.6 is 0 Å². The maximum Gasteiger partial charge on any atom is 0.227 e. The minimum atomic E-state index is 0.147. The van der Waals surface area contributed by atoms with Crippen molar-refractivity contribution >= 4 is 5.78 Å². The number of carbonyl (C=O) groups is 1. The number of hydrogen-bond acceptors (Lipinski definition) is 1. The molecule has 0 fully saturated rings. The van der Waals surface area contributed by atoms with E-state index in [4.69, 9.17) is 0 Å². The summed E-state index contributed by atoms with van der Waals surface area (Å²) < 4.78 is 2.07. The van der Waals surface area contributed by atoms with Crippen LogP contribution in [0.5, 0.6) is 0 Å². The number of fused-ring (bicyclic) bond motifs is 3. The highest BCUT2D eigenvalue weighted by Gasteiger charge is 2.24. The lowest BCUT2D eigenvalue weighted by Gasteiger charge is -2.05. The molecule has 0 radical (unpaired) electrons. The Morgan fingerprint density at radius 2 is 1.70 bits per heavy atom. The molecule has 0 bridgehead atoms. The number of hydrogen-bond donors (Lipinski definition) is 0. The second-order valence-electron chi connectivity index (χ2n) is 6.10. The second kappa shape index (κ2) is 5.47. The van der Waals surface area contributed by atoms with Crippen molar-refractivity contribution in [3.63, 3.8) is 0 Å². The minimum absolute atomic E-state index is 0.147. The van der Waals surface area contributed by atoms with Gasteiger partial charge in [0.2, 0.25) is 12.3 Å². The van der Waals surface area contributed by atoms with Gasteiger partial charge in [-0.25, -0.2) is 0 Å². The summed E-state index contributed by atoms with van der Waals surface area (Å²) in [4.78, 5) is 12.5. The average Bonchev–Trinajstić information content (AvgIpc) is 2.93. The van der Waals surface area contributed by atoms with Crippen molar-refractivity contribution in [2.75, 3.05) is 0 Å². The van der Waals surface area contributed by atoms with Gasteiger partial charge in [0.05, 0.1) is 0 Å². The highest BCUT2D eigenvalue weighted by atomic mass is 16.1. The Kier molecular flexibility index (Phi) is 3.30. The summed E-state index contributed by atoms with van der Waals surface area (Å²) in [7, 11) is 0. The van der Waals surface area contributed by atoms with E-state index in [1.807, 2.05) is 30.3 Å². The van der Waals surface area contributed by atoms with E-state index in [9.17, 15) is 4.79 Å². The Balaban J connectivity index is 1.67. The predicted octanol–water partition coefficient (Wildman–Crippen LogP) is 3.74. The fourth-order valence-corrected chi connectivity index (χ4v) is 3.32. The molecule has 23 heavy (non-hydrogen) atoms. The first-order valence-corrected chi connectivity index (χ1v) is 7.92. The van der Waals surface area contributed by atoms with E-state index < -0.39 is 0 Å². The zero-order valence-corrected chi connectivity index (χ0v) is 13.1. The monoisotopic (exact) mass is 300 g/mol. The summed E-state index contributed by atoms with van der Waals surface area (Å²) in [5.41, 5.74) is 7.19. The van der Waals surface area contributed by atoms with Crippen LogP contribution in [0.25, 0.3) is 11.1 Å². The summed E-state index contributed by atoms with van der Waals surface area (Å²) in [6.07, 6.45) is 3.09. The first-order valence-electron chi connectivity index (χ1n) is 7.92. The molecule has 2 nitrogen and oxygen atoms in total. The summed E-state index contributed by atoms with van der Waals surface area (Å²) in [6, 6.07) is 20.2. The van der Waals surface area contributed by atoms with Gasteiger partial charge in [-0.05, 0) is 16.7 Å². The van der Waals surface area contributed by atoms with E-state index in [0.717, 1.165) is 17.7 Å². The van der Waals surface area contributed by atoms with E-state index in [2.05, 4.69) is 48.0 Å². The molecule has 0 unspecified atom stereocenters. The number of benzene rings is 2. The molecular weight excluding hydrogens is 282 g/mol. The van der Waals surface area contributed by atoms with Crippen LogP contribution in [0, 0.1) is 6.92 Å². The standard InChI is InChI=1S/C21H18NO/c1-15-11-20-18(12-17-9-5-6-10-19(17)20)13-22(15)14-21(23)16-7-3-2-4-8-16/h2-11,13H,12,14H2,1H3/q+1. The van der Waals surface area contributed by atoms with Crippen molar-refractivity contribution in [2.24, 2.45) is 0 Å². The fraction of sp³-hybridized carbons (Fsp3) is 0.143. The van der Waals surface area contributed by atoms with Crippen molar-refractivity contribution in [3.05, 3.63) is 89.2 Å². The molecule has 0 spiro atoms. The smallest absolute Gasteiger partial charge is 0.227 e. The maximum absolute atomic E-state index is 12.5. The molecule has 2 heteroatoms. The van der Waals surface area contributed by atoms with Crippen molar-refractivity contribution < 1.29 is 9.36 Å². The highest BCUT2D eigenvalue weighted by molar-refractivity contribution is 5.95. The van der Waals surface area contributed by atoms with E-state index in [1.54, 1.807) is 0 Å². The molecule has 4 rings (SSSR count). The van der Waals surface area contributed by atoms with Gasteiger partial charge in [0.15, 0.2) is 11.9 Å². The zero-order chi connectivity index (χ0) is 15.8.